The maximum Gasteiger partial charge on any atom is 0.336 e. The lowest BCUT2D eigenvalue weighted by molar-refractivity contribution is -0.145. The largest absolute Gasteiger partial charge is 0.457 e. The standard InChI is InChI=1S/C33H30N2O9/c1-5-31(37)42-20-40-26-11-7-24(8-12-26)19-34-29-15-14-28(17-22(29)3)44-33(39)16-10-25-9-13-27(18-30(25)35-23(4)36)41-21-43-32(38)6-2/h5-19H,1-2,20-21H2,3-4H3,(H,35,36)/b16-10+,34-19+. The Morgan fingerprint density at radius 1 is 0.795 bits per heavy atom. The third-order valence-corrected chi connectivity index (χ3v) is 5.54. The number of aliphatic imine (C=N–C) groups is 1. The van der Waals surface area contributed by atoms with Gasteiger partial charge in [0.1, 0.15) is 17.2 Å². The van der Waals surface area contributed by atoms with Gasteiger partial charge in [0, 0.05) is 37.4 Å². The first-order chi connectivity index (χ1) is 21.2. The molecular formula is C33H30N2O9. The second-order valence-electron chi connectivity index (χ2n) is 8.82. The summed E-state index contributed by atoms with van der Waals surface area (Å²) in [4.78, 5) is 50.9. The van der Waals surface area contributed by atoms with E-state index in [4.69, 9.17) is 23.7 Å². The average Bonchev–Trinajstić information content (AvgIpc) is 3.00. The summed E-state index contributed by atoms with van der Waals surface area (Å²) in [7, 11) is 0. The van der Waals surface area contributed by atoms with Gasteiger partial charge < -0.3 is 29.0 Å². The molecule has 3 aromatic carbocycles. The Balaban J connectivity index is 1.59. The lowest BCUT2D eigenvalue weighted by Crippen LogP contribution is -2.10. The molecule has 3 rings (SSSR count). The van der Waals surface area contributed by atoms with Crippen LogP contribution in [0.3, 0.4) is 0 Å². The Hall–Kier alpha value is -5.97. The van der Waals surface area contributed by atoms with Crippen molar-refractivity contribution in [1.29, 1.82) is 0 Å². The highest BCUT2D eigenvalue weighted by molar-refractivity contribution is 5.94. The van der Waals surface area contributed by atoms with Crippen molar-refractivity contribution in [3.05, 3.63) is 109 Å². The minimum absolute atomic E-state index is 0.219. The van der Waals surface area contributed by atoms with E-state index in [0.717, 1.165) is 23.3 Å². The number of nitrogens with zero attached hydrogens (tertiary/aromatic N) is 1. The fourth-order valence-electron chi connectivity index (χ4n) is 3.44. The van der Waals surface area contributed by atoms with Crippen LogP contribution in [0.15, 0.2) is 97.0 Å². The topological polar surface area (TPSA) is 139 Å². The average molecular weight is 599 g/mol. The van der Waals surface area contributed by atoms with Gasteiger partial charge in [-0.15, -0.1) is 0 Å². The molecule has 3 aromatic rings. The van der Waals surface area contributed by atoms with Crippen LogP contribution in [0, 0.1) is 6.92 Å². The predicted octanol–water partition coefficient (Wildman–Crippen LogP) is 5.45. The van der Waals surface area contributed by atoms with Gasteiger partial charge in [0.25, 0.3) is 0 Å². The van der Waals surface area contributed by atoms with Crippen LogP contribution in [-0.4, -0.2) is 43.6 Å². The van der Waals surface area contributed by atoms with Gasteiger partial charge in [-0.2, -0.15) is 0 Å². The molecule has 0 unspecified atom stereocenters. The molecule has 0 saturated heterocycles. The Bertz CT molecular complexity index is 1590. The molecule has 0 aromatic heterocycles. The fraction of sp³-hybridized carbons (Fsp3) is 0.121. The number of amides is 1. The fourth-order valence-corrected chi connectivity index (χ4v) is 3.44. The van der Waals surface area contributed by atoms with E-state index < -0.39 is 17.9 Å². The normalized spacial score (nSPS) is 10.6. The summed E-state index contributed by atoms with van der Waals surface area (Å²) in [5, 5.41) is 2.67. The van der Waals surface area contributed by atoms with E-state index in [1.165, 1.54) is 25.1 Å². The van der Waals surface area contributed by atoms with Crippen LogP contribution in [0.1, 0.15) is 23.6 Å². The van der Waals surface area contributed by atoms with Crippen LogP contribution in [-0.2, 0) is 28.7 Å². The molecule has 0 heterocycles. The second-order valence-corrected chi connectivity index (χ2v) is 8.82. The van der Waals surface area contributed by atoms with Crippen LogP contribution >= 0.6 is 0 Å². The van der Waals surface area contributed by atoms with Crippen molar-refractivity contribution in [2.45, 2.75) is 13.8 Å². The first-order valence-electron chi connectivity index (χ1n) is 13.1. The van der Waals surface area contributed by atoms with Gasteiger partial charge in [0.2, 0.25) is 19.5 Å². The second kappa shape index (κ2) is 16.5. The monoisotopic (exact) mass is 598 g/mol. The van der Waals surface area contributed by atoms with Crippen LogP contribution in [0.25, 0.3) is 6.08 Å². The molecule has 1 N–H and O–H groups in total. The minimum Gasteiger partial charge on any atom is -0.457 e. The number of rotatable bonds is 14. The van der Waals surface area contributed by atoms with Crippen LogP contribution < -0.4 is 19.5 Å². The Morgan fingerprint density at radius 2 is 1.41 bits per heavy atom. The summed E-state index contributed by atoms with van der Waals surface area (Å²) in [6.07, 6.45) is 6.46. The summed E-state index contributed by atoms with van der Waals surface area (Å²) >= 11 is 0. The van der Waals surface area contributed by atoms with Crippen molar-refractivity contribution in [2.75, 3.05) is 18.9 Å². The van der Waals surface area contributed by atoms with Crippen molar-refractivity contribution in [2.24, 2.45) is 4.99 Å². The zero-order valence-electron chi connectivity index (χ0n) is 24.1. The van der Waals surface area contributed by atoms with E-state index in [1.807, 2.05) is 6.92 Å². The first-order valence-corrected chi connectivity index (χ1v) is 13.1. The molecule has 0 radical (unpaired) electrons. The number of aryl methyl sites for hydroxylation is 1. The number of hydrogen-bond acceptors (Lipinski definition) is 10. The molecular weight excluding hydrogens is 568 g/mol. The lowest BCUT2D eigenvalue weighted by atomic mass is 10.1. The molecule has 1 amide bonds. The Labute approximate surface area is 254 Å². The number of anilines is 1. The maximum atomic E-state index is 12.5. The summed E-state index contributed by atoms with van der Waals surface area (Å²) in [5.74, 6) is -0.980. The highest BCUT2D eigenvalue weighted by Gasteiger charge is 2.08. The zero-order chi connectivity index (χ0) is 31.9. The van der Waals surface area contributed by atoms with Crippen molar-refractivity contribution in [1.82, 2.24) is 0 Å². The Kier molecular flexibility index (Phi) is 12.2. The van der Waals surface area contributed by atoms with E-state index in [9.17, 15) is 19.2 Å². The quantitative estimate of drug-likeness (QED) is 0.0843. The van der Waals surface area contributed by atoms with Gasteiger partial charge in [-0.3, -0.25) is 9.79 Å². The molecule has 226 valence electrons. The van der Waals surface area contributed by atoms with Crippen LogP contribution in [0.4, 0.5) is 11.4 Å². The number of carbonyl (C=O) groups excluding carboxylic acids is 4. The Morgan fingerprint density at radius 3 is 2.02 bits per heavy atom. The van der Waals surface area contributed by atoms with E-state index >= 15 is 0 Å². The highest BCUT2D eigenvalue weighted by Crippen LogP contribution is 2.26. The predicted molar refractivity (Wildman–Crippen MR) is 164 cm³/mol. The molecule has 0 aliphatic heterocycles. The molecule has 0 saturated carbocycles. The van der Waals surface area contributed by atoms with Crippen molar-refractivity contribution in [3.63, 3.8) is 0 Å². The number of esters is 3. The van der Waals surface area contributed by atoms with Gasteiger partial charge >= 0.3 is 17.9 Å². The summed E-state index contributed by atoms with van der Waals surface area (Å²) in [5.41, 5.74) is 3.17. The molecule has 0 aliphatic carbocycles. The van der Waals surface area contributed by atoms with E-state index in [0.29, 0.717) is 34.2 Å². The molecule has 0 fully saturated rings. The van der Waals surface area contributed by atoms with Crippen molar-refractivity contribution < 1.29 is 42.9 Å². The van der Waals surface area contributed by atoms with Gasteiger partial charge in [-0.1, -0.05) is 13.2 Å². The van der Waals surface area contributed by atoms with Gasteiger partial charge in [0.15, 0.2) is 0 Å². The molecule has 0 aliphatic rings. The first kappa shape index (κ1) is 32.5. The number of ether oxygens (including phenoxy) is 5. The van der Waals surface area contributed by atoms with Crippen molar-refractivity contribution in [3.8, 4) is 17.2 Å². The van der Waals surface area contributed by atoms with E-state index in [1.54, 1.807) is 60.8 Å². The molecule has 11 nitrogen and oxygen atoms in total. The summed E-state index contributed by atoms with van der Waals surface area (Å²) in [6, 6.07) is 16.8. The minimum atomic E-state index is -0.635. The van der Waals surface area contributed by atoms with Crippen molar-refractivity contribution >= 4 is 47.5 Å². The number of nitrogens with one attached hydrogen (secondary N) is 1. The summed E-state index contributed by atoms with van der Waals surface area (Å²) < 4.78 is 25.7. The number of hydrogen-bond donors (Lipinski definition) is 1. The molecule has 11 heteroatoms. The van der Waals surface area contributed by atoms with E-state index in [2.05, 4.69) is 23.5 Å². The molecule has 44 heavy (non-hydrogen) atoms. The van der Waals surface area contributed by atoms with Crippen LogP contribution in [0.2, 0.25) is 0 Å². The highest BCUT2D eigenvalue weighted by atomic mass is 16.7. The third kappa shape index (κ3) is 10.8. The number of benzene rings is 3. The van der Waals surface area contributed by atoms with Gasteiger partial charge in [0.05, 0.1) is 11.4 Å². The third-order valence-electron chi connectivity index (χ3n) is 5.54. The zero-order valence-corrected chi connectivity index (χ0v) is 24.1. The lowest BCUT2D eigenvalue weighted by Gasteiger charge is -2.11. The van der Waals surface area contributed by atoms with Crippen LogP contribution in [0.5, 0.6) is 17.2 Å². The smallest absolute Gasteiger partial charge is 0.336 e. The number of carbonyl (C=O) groups is 4. The van der Waals surface area contributed by atoms with Gasteiger partial charge in [-0.25, -0.2) is 14.4 Å². The SMILES string of the molecule is C=CC(=O)OCOc1ccc(/C=N/c2ccc(OC(=O)/C=C/c3ccc(OCOC(=O)C=C)cc3NC(C)=O)cc2C)cc1. The summed E-state index contributed by atoms with van der Waals surface area (Å²) in [6.45, 7) is 9.24. The van der Waals surface area contributed by atoms with Gasteiger partial charge in [-0.05, 0) is 84.3 Å². The molecule has 0 atom stereocenters. The van der Waals surface area contributed by atoms with E-state index in [-0.39, 0.29) is 19.5 Å². The maximum absolute atomic E-state index is 12.5. The molecule has 0 spiro atoms. The molecule has 0 bridgehead atoms.